The van der Waals surface area contributed by atoms with Gasteiger partial charge in [0.1, 0.15) is 0 Å². The third-order valence-corrected chi connectivity index (χ3v) is 3.57. The molecule has 1 nitrogen and oxygen atoms in total. The van der Waals surface area contributed by atoms with Crippen molar-refractivity contribution in [3.63, 3.8) is 0 Å². The minimum absolute atomic E-state index is 0.629. The van der Waals surface area contributed by atoms with Crippen LogP contribution in [-0.2, 0) is 6.42 Å². The molecule has 2 aromatic rings. The van der Waals surface area contributed by atoms with Crippen LogP contribution in [0.5, 0.6) is 0 Å². The molecule has 1 aromatic carbocycles. The molecular weight excluding hydrogens is 218 g/mol. The predicted octanol–water partition coefficient (Wildman–Crippen LogP) is 4.95. The molecule has 0 aliphatic carbocycles. The standard InChI is InChI=1S/C17H23N/c1-5-13(4)14-7-9-17-15(11-14)6-8-16(18-17)10-12(2)3/h6-9,11-13H,5,10H2,1-4H3. The van der Waals surface area contributed by atoms with Crippen molar-refractivity contribution in [3.05, 3.63) is 41.6 Å². The Morgan fingerprint density at radius 3 is 2.50 bits per heavy atom. The fourth-order valence-corrected chi connectivity index (χ4v) is 2.26. The van der Waals surface area contributed by atoms with Crippen LogP contribution in [0.25, 0.3) is 10.9 Å². The number of nitrogens with zero attached hydrogens (tertiary/aromatic N) is 1. The van der Waals surface area contributed by atoms with Gasteiger partial charge in [-0.1, -0.05) is 39.8 Å². The summed E-state index contributed by atoms with van der Waals surface area (Å²) in [6.07, 6.45) is 2.24. The SMILES string of the molecule is CCC(C)c1ccc2nc(CC(C)C)ccc2c1. The maximum atomic E-state index is 4.74. The lowest BCUT2D eigenvalue weighted by Crippen LogP contribution is -1.98. The molecule has 0 aliphatic heterocycles. The molecule has 1 unspecified atom stereocenters. The van der Waals surface area contributed by atoms with Crippen molar-refractivity contribution in [1.29, 1.82) is 0 Å². The van der Waals surface area contributed by atoms with E-state index in [1.54, 1.807) is 0 Å². The third-order valence-electron chi connectivity index (χ3n) is 3.57. The van der Waals surface area contributed by atoms with E-state index >= 15 is 0 Å². The molecule has 1 atom stereocenters. The van der Waals surface area contributed by atoms with Crippen LogP contribution in [0.2, 0.25) is 0 Å². The van der Waals surface area contributed by atoms with Crippen LogP contribution in [-0.4, -0.2) is 4.98 Å². The highest BCUT2D eigenvalue weighted by molar-refractivity contribution is 5.79. The highest BCUT2D eigenvalue weighted by Crippen LogP contribution is 2.23. The second kappa shape index (κ2) is 5.51. The monoisotopic (exact) mass is 241 g/mol. The van der Waals surface area contributed by atoms with Crippen LogP contribution in [0.15, 0.2) is 30.3 Å². The zero-order valence-corrected chi connectivity index (χ0v) is 11.9. The molecule has 2 rings (SSSR count). The molecule has 0 radical (unpaired) electrons. The van der Waals surface area contributed by atoms with Gasteiger partial charge < -0.3 is 0 Å². The Bertz CT molecular complexity index is 528. The molecule has 18 heavy (non-hydrogen) atoms. The van der Waals surface area contributed by atoms with Crippen LogP contribution >= 0.6 is 0 Å². The summed E-state index contributed by atoms with van der Waals surface area (Å²) in [4.78, 5) is 4.74. The van der Waals surface area contributed by atoms with Gasteiger partial charge in [0.15, 0.2) is 0 Å². The fraction of sp³-hybridized carbons (Fsp3) is 0.471. The van der Waals surface area contributed by atoms with E-state index in [2.05, 4.69) is 58.0 Å². The summed E-state index contributed by atoms with van der Waals surface area (Å²) in [5.74, 6) is 1.29. The van der Waals surface area contributed by atoms with Gasteiger partial charge in [-0.3, -0.25) is 4.98 Å². The summed E-state index contributed by atoms with van der Waals surface area (Å²) in [7, 11) is 0. The summed E-state index contributed by atoms with van der Waals surface area (Å²) in [6, 6.07) is 11.1. The van der Waals surface area contributed by atoms with Gasteiger partial charge in [-0.05, 0) is 48.4 Å². The molecule has 0 spiro atoms. The first kappa shape index (κ1) is 13.1. The Morgan fingerprint density at radius 2 is 1.83 bits per heavy atom. The zero-order chi connectivity index (χ0) is 13.1. The lowest BCUT2D eigenvalue weighted by molar-refractivity contribution is 0.637. The summed E-state index contributed by atoms with van der Waals surface area (Å²) in [5, 5.41) is 1.26. The lowest BCUT2D eigenvalue weighted by atomic mass is 9.97. The number of hydrogen-bond donors (Lipinski definition) is 0. The van der Waals surface area contributed by atoms with Gasteiger partial charge in [0, 0.05) is 11.1 Å². The summed E-state index contributed by atoms with van der Waals surface area (Å²) < 4.78 is 0. The number of pyridine rings is 1. The van der Waals surface area contributed by atoms with Gasteiger partial charge in [0.2, 0.25) is 0 Å². The van der Waals surface area contributed by atoms with Crippen molar-refractivity contribution in [2.75, 3.05) is 0 Å². The average Bonchev–Trinajstić information content (AvgIpc) is 2.36. The topological polar surface area (TPSA) is 12.9 Å². The Morgan fingerprint density at radius 1 is 1.06 bits per heavy atom. The van der Waals surface area contributed by atoms with E-state index < -0.39 is 0 Å². The smallest absolute Gasteiger partial charge is 0.0705 e. The van der Waals surface area contributed by atoms with Crippen molar-refractivity contribution < 1.29 is 0 Å². The molecule has 0 aliphatic rings. The molecule has 1 aromatic heterocycles. The van der Waals surface area contributed by atoms with Crippen LogP contribution in [0.4, 0.5) is 0 Å². The normalized spacial score (nSPS) is 13.2. The van der Waals surface area contributed by atoms with Gasteiger partial charge in [0.25, 0.3) is 0 Å². The van der Waals surface area contributed by atoms with Gasteiger partial charge in [-0.25, -0.2) is 0 Å². The highest BCUT2D eigenvalue weighted by atomic mass is 14.7. The minimum Gasteiger partial charge on any atom is -0.253 e. The van der Waals surface area contributed by atoms with Gasteiger partial charge in [-0.15, -0.1) is 0 Å². The molecule has 1 heteroatoms. The Kier molecular flexibility index (Phi) is 4.00. The lowest BCUT2D eigenvalue weighted by Gasteiger charge is -2.11. The molecule has 0 saturated heterocycles. The van der Waals surface area contributed by atoms with Crippen LogP contribution in [0.3, 0.4) is 0 Å². The van der Waals surface area contributed by atoms with Crippen molar-refractivity contribution in [2.24, 2.45) is 5.92 Å². The maximum absolute atomic E-state index is 4.74. The number of hydrogen-bond acceptors (Lipinski definition) is 1. The van der Waals surface area contributed by atoms with E-state index in [1.807, 2.05) is 0 Å². The fourth-order valence-electron chi connectivity index (χ4n) is 2.26. The minimum atomic E-state index is 0.629. The van der Waals surface area contributed by atoms with Crippen LogP contribution < -0.4 is 0 Å². The maximum Gasteiger partial charge on any atom is 0.0705 e. The van der Waals surface area contributed by atoms with Crippen LogP contribution in [0, 0.1) is 5.92 Å². The molecule has 0 fully saturated rings. The first-order valence-corrected chi connectivity index (χ1v) is 6.99. The largest absolute Gasteiger partial charge is 0.253 e. The molecular formula is C17H23N. The van der Waals surface area contributed by atoms with Crippen molar-refractivity contribution in [1.82, 2.24) is 4.98 Å². The number of rotatable bonds is 4. The first-order chi connectivity index (χ1) is 8.60. The van der Waals surface area contributed by atoms with E-state index in [-0.39, 0.29) is 0 Å². The van der Waals surface area contributed by atoms with E-state index in [0.29, 0.717) is 11.8 Å². The van der Waals surface area contributed by atoms with Gasteiger partial charge >= 0.3 is 0 Å². The van der Waals surface area contributed by atoms with Gasteiger partial charge in [-0.2, -0.15) is 0 Å². The molecule has 0 bridgehead atoms. The van der Waals surface area contributed by atoms with Crippen molar-refractivity contribution in [2.45, 2.75) is 46.5 Å². The summed E-state index contributed by atoms with van der Waals surface area (Å²) in [6.45, 7) is 8.98. The first-order valence-electron chi connectivity index (χ1n) is 6.99. The van der Waals surface area contributed by atoms with Gasteiger partial charge in [0.05, 0.1) is 5.52 Å². The summed E-state index contributed by atoms with van der Waals surface area (Å²) in [5.41, 5.74) is 3.75. The average molecular weight is 241 g/mol. The van der Waals surface area contributed by atoms with Crippen LogP contribution in [0.1, 0.15) is 51.3 Å². The predicted molar refractivity (Wildman–Crippen MR) is 79.0 cm³/mol. The summed E-state index contributed by atoms with van der Waals surface area (Å²) >= 11 is 0. The third kappa shape index (κ3) is 2.90. The molecule has 0 saturated carbocycles. The Hall–Kier alpha value is -1.37. The molecule has 1 heterocycles. The Labute approximate surface area is 110 Å². The van der Waals surface area contributed by atoms with E-state index in [0.717, 1.165) is 11.9 Å². The second-order valence-corrected chi connectivity index (χ2v) is 5.66. The quantitative estimate of drug-likeness (QED) is 0.738. The zero-order valence-electron chi connectivity index (χ0n) is 11.9. The van der Waals surface area contributed by atoms with E-state index in [1.165, 1.54) is 23.1 Å². The number of benzene rings is 1. The van der Waals surface area contributed by atoms with E-state index in [4.69, 9.17) is 4.98 Å². The number of aromatic nitrogens is 1. The number of fused-ring (bicyclic) bond motifs is 1. The van der Waals surface area contributed by atoms with E-state index in [9.17, 15) is 0 Å². The van der Waals surface area contributed by atoms with Crippen molar-refractivity contribution in [3.8, 4) is 0 Å². The highest BCUT2D eigenvalue weighted by Gasteiger charge is 2.05. The molecule has 96 valence electrons. The molecule has 0 amide bonds. The molecule has 0 N–H and O–H groups in total. The van der Waals surface area contributed by atoms with Crippen molar-refractivity contribution >= 4 is 10.9 Å². The Balaban J connectivity index is 2.36. The second-order valence-electron chi connectivity index (χ2n) is 5.66.